The maximum atomic E-state index is 5.29. The van der Waals surface area contributed by atoms with Crippen molar-refractivity contribution in [2.75, 3.05) is 13.7 Å². The lowest BCUT2D eigenvalue weighted by Crippen LogP contribution is -2.27. The summed E-state index contributed by atoms with van der Waals surface area (Å²) in [4.78, 5) is 0. The largest absolute Gasteiger partial charge is 0.497 e. The van der Waals surface area contributed by atoms with Crippen molar-refractivity contribution in [2.45, 2.75) is 32.7 Å². The molecule has 0 aliphatic carbocycles. The average Bonchev–Trinajstić information content (AvgIpc) is 2.31. The molecule has 1 heterocycles. The maximum Gasteiger partial charge on any atom is 0.119 e. The van der Waals surface area contributed by atoms with Gasteiger partial charge in [0.25, 0.3) is 0 Å². The third kappa shape index (κ3) is 2.38. The second-order valence-electron chi connectivity index (χ2n) is 4.84. The highest BCUT2D eigenvalue weighted by atomic mass is 16.5. The first-order chi connectivity index (χ1) is 7.70. The van der Waals surface area contributed by atoms with Gasteiger partial charge in [-0.2, -0.15) is 0 Å². The van der Waals surface area contributed by atoms with Gasteiger partial charge in [0.15, 0.2) is 0 Å². The van der Waals surface area contributed by atoms with Crippen molar-refractivity contribution in [3.8, 4) is 5.75 Å². The third-order valence-corrected chi connectivity index (χ3v) is 3.50. The van der Waals surface area contributed by atoms with Crippen molar-refractivity contribution in [1.82, 2.24) is 5.32 Å². The van der Waals surface area contributed by atoms with Crippen LogP contribution in [0.5, 0.6) is 5.75 Å². The fourth-order valence-corrected chi connectivity index (χ4v) is 2.32. The van der Waals surface area contributed by atoms with Gasteiger partial charge < -0.3 is 10.1 Å². The van der Waals surface area contributed by atoms with Crippen LogP contribution in [-0.2, 0) is 6.42 Å². The summed E-state index contributed by atoms with van der Waals surface area (Å²) in [5.41, 5.74) is 2.86. The highest BCUT2D eigenvalue weighted by molar-refractivity contribution is 5.38. The highest BCUT2D eigenvalue weighted by Crippen LogP contribution is 2.27. The minimum Gasteiger partial charge on any atom is -0.497 e. The van der Waals surface area contributed by atoms with Crippen LogP contribution >= 0.6 is 0 Å². The Kier molecular flexibility index (Phi) is 3.49. The number of ether oxygens (including phenoxy) is 1. The summed E-state index contributed by atoms with van der Waals surface area (Å²) >= 11 is 0. The molecule has 1 aliphatic heterocycles. The van der Waals surface area contributed by atoms with E-state index in [1.165, 1.54) is 24.0 Å². The van der Waals surface area contributed by atoms with Crippen molar-refractivity contribution in [3.05, 3.63) is 29.3 Å². The molecule has 0 saturated carbocycles. The molecule has 0 saturated heterocycles. The molecular formula is C14H21NO. The summed E-state index contributed by atoms with van der Waals surface area (Å²) in [6.45, 7) is 5.66. The summed E-state index contributed by atoms with van der Waals surface area (Å²) in [5, 5.41) is 3.59. The molecule has 1 aliphatic rings. The van der Waals surface area contributed by atoms with Crippen molar-refractivity contribution in [3.63, 3.8) is 0 Å². The standard InChI is InChI=1S/C14H21NO/c1-10-4-5-12-6-7-13(16-3)8-14(12)11(2)15-9-10/h6-8,10-11,15H,4-5,9H2,1-3H3. The van der Waals surface area contributed by atoms with Gasteiger partial charge in [-0.1, -0.05) is 13.0 Å². The Hall–Kier alpha value is -1.02. The van der Waals surface area contributed by atoms with Crippen LogP contribution in [0.2, 0.25) is 0 Å². The monoisotopic (exact) mass is 219 g/mol. The minimum atomic E-state index is 0.424. The average molecular weight is 219 g/mol. The number of hydrogen-bond acceptors (Lipinski definition) is 2. The van der Waals surface area contributed by atoms with Crippen LogP contribution in [0.15, 0.2) is 18.2 Å². The molecule has 0 bridgehead atoms. The first kappa shape index (κ1) is 11.5. The van der Waals surface area contributed by atoms with E-state index in [0.717, 1.165) is 18.2 Å². The summed E-state index contributed by atoms with van der Waals surface area (Å²) in [7, 11) is 1.73. The molecule has 0 amide bonds. The van der Waals surface area contributed by atoms with Gasteiger partial charge in [0.05, 0.1) is 7.11 Å². The van der Waals surface area contributed by atoms with Crippen molar-refractivity contribution < 1.29 is 4.74 Å². The van der Waals surface area contributed by atoms with E-state index in [2.05, 4.69) is 37.4 Å². The predicted molar refractivity (Wildman–Crippen MR) is 66.9 cm³/mol. The number of nitrogens with one attached hydrogen (secondary N) is 1. The molecule has 1 aromatic carbocycles. The molecular weight excluding hydrogens is 198 g/mol. The number of hydrogen-bond donors (Lipinski definition) is 1. The smallest absolute Gasteiger partial charge is 0.119 e. The van der Waals surface area contributed by atoms with Crippen LogP contribution in [0.1, 0.15) is 37.4 Å². The Bertz CT molecular complexity index is 362. The van der Waals surface area contributed by atoms with Gasteiger partial charge in [-0.25, -0.2) is 0 Å². The summed E-state index contributed by atoms with van der Waals surface area (Å²) in [6.07, 6.45) is 2.45. The van der Waals surface area contributed by atoms with Gasteiger partial charge >= 0.3 is 0 Å². The number of benzene rings is 1. The Morgan fingerprint density at radius 3 is 2.88 bits per heavy atom. The van der Waals surface area contributed by atoms with E-state index >= 15 is 0 Å². The first-order valence-electron chi connectivity index (χ1n) is 6.11. The zero-order valence-corrected chi connectivity index (χ0v) is 10.4. The van der Waals surface area contributed by atoms with Gasteiger partial charge in [0.2, 0.25) is 0 Å². The Morgan fingerprint density at radius 1 is 1.31 bits per heavy atom. The van der Waals surface area contributed by atoms with Crippen molar-refractivity contribution in [1.29, 1.82) is 0 Å². The second-order valence-corrected chi connectivity index (χ2v) is 4.84. The number of fused-ring (bicyclic) bond motifs is 1. The second kappa shape index (κ2) is 4.88. The van der Waals surface area contributed by atoms with Crippen LogP contribution < -0.4 is 10.1 Å². The van der Waals surface area contributed by atoms with Gasteiger partial charge in [-0.15, -0.1) is 0 Å². The molecule has 2 atom stereocenters. The molecule has 1 aromatic rings. The predicted octanol–water partition coefficient (Wildman–Crippen LogP) is 2.93. The van der Waals surface area contributed by atoms with Crippen molar-refractivity contribution >= 4 is 0 Å². The van der Waals surface area contributed by atoms with E-state index in [1.54, 1.807) is 7.11 Å². The van der Waals surface area contributed by atoms with Crippen LogP contribution in [-0.4, -0.2) is 13.7 Å². The zero-order valence-electron chi connectivity index (χ0n) is 10.4. The zero-order chi connectivity index (χ0) is 11.5. The normalized spacial score (nSPS) is 25.4. The number of rotatable bonds is 1. The fourth-order valence-electron chi connectivity index (χ4n) is 2.32. The van der Waals surface area contributed by atoms with Crippen LogP contribution in [0.4, 0.5) is 0 Å². The van der Waals surface area contributed by atoms with Gasteiger partial charge in [-0.05, 0) is 55.5 Å². The lowest BCUT2D eigenvalue weighted by atomic mass is 9.91. The first-order valence-corrected chi connectivity index (χ1v) is 6.11. The van der Waals surface area contributed by atoms with E-state index < -0.39 is 0 Å². The van der Waals surface area contributed by atoms with Crippen LogP contribution in [0.3, 0.4) is 0 Å². The molecule has 2 nitrogen and oxygen atoms in total. The lowest BCUT2D eigenvalue weighted by molar-refractivity contribution is 0.407. The molecule has 2 heteroatoms. The summed E-state index contributed by atoms with van der Waals surface area (Å²) < 4.78 is 5.29. The minimum absolute atomic E-state index is 0.424. The highest BCUT2D eigenvalue weighted by Gasteiger charge is 2.16. The molecule has 88 valence electrons. The number of methoxy groups -OCH3 is 1. The fraction of sp³-hybridized carbons (Fsp3) is 0.571. The number of aryl methyl sites for hydroxylation is 1. The van der Waals surface area contributed by atoms with Gasteiger partial charge in [0, 0.05) is 6.04 Å². The van der Waals surface area contributed by atoms with E-state index in [0.29, 0.717) is 6.04 Å². The SMILES string of the molecule is COc1ccc2c(c1)C(C)NCC(C)CC2. The molecule has 2 unspecified atom stereocenters. The van der Waals surface area contributed by atoms with Crippen molar-refractivity contribution in [2.24, 2.45) is 5.92 Å². The van der Waals surface area contributed by atoms with E-state index in [1.807, 2.05) is 0 Å². The maximum absolute atomic E-state index is 5.29. The topological polar surface area (TPSA) is 21.3 Å². The van der Waals surface area contributed by atoms with E-state index in [9.17, 15) is 0 Å². The molecule has 0 radical (unpaired) electrons. The molecule has 2 rings (SSSR count). The van der Waals surface area contributed by atoms with E-state index in [4.69, 9.17) is 4.74 Å². The molecule has 0 spiro atoms. The Labute approximate surface area is 98.0 Å². The van der Waals surface area contributed by atoms with Crippen LogP contribution in [0.25, 0.3) is 0 Å². The van der Waals surface area contributed by atoms with Gasteiger partial charge in [-0.3, -0.25) is 0 Å². The quantitative estimate of drug-likeness (QED) is 0.784. The Morgan fingerprint density at radius 2 is 2.12 bits per heavy atom. The van der Waals surface area contributed by atoms with E-state index in [-0.39, 0.29) is 0 Å². The lowest BCUT2D eigenvalue weighted by Gasteiger charge is -2.25. The molecule has 16 heavy (non-hydrogen) atoms. The molecule has 0 aromatic heterocycles. The summed E-state index contributed by atoms with van der Waals surface area (Å²) in [5.74, 6) is 1.72. The third-order valence-electron chi connectivity index (χ3n) is 3.50. The van der Waals surface area contributed by atoms with Crippen LogP contribution in [0, 0.1) is 5.92 Å². The Balaban J connectivity index is 2.32. The molecule has 1 N–H and O–H groups in total. The molecule has 0 fully saturated rings. The summed E-state index contributed by atoms with van der Waals surface area (Å²) in [6, 6.07) is 6.87. The van der Waals surface area contributed by atoms with Gasteiger partial charge in [0.1, 0.15) is 5.75 Å².